The molecule has 1 aromatic carbocycles. The van der Waals surface area contributed by atoms with Crippen LogP contribution in [0, 0.1) is 11.8 Å². The monoisotopic (exact) mass is 421 g/mol. The number of sulfonamides is 1. The first kappa shape index (κ1) is 21.8. The molecule has 8 heteroatoms. The molecule has 3 N–H and O–H groups in total. The highest BCUT2D eigenvalue weighted by Gasteiger charge is 2.27. The molecule has 29 heavy (non-hydrogen) atoms. The molecule has 1 aliphatic carbocycles. The van der Waals surface area contributed by atoms with E-state index < -0.39 is 10.0 Å². The highest BCUT2D eigenvalue weighted by atomic mass is 32.2. The molecule has 1 aliphatic heterocycles. The van der Waals surface area contributed by atoms with Gasteiger partial charge in [-0.2, -0.15) is 0 Å². The summed E-state index contributed by atoms with van der Waals surface area (Å²) in [7, 11) is -3.60. The van der Waals surface area contributed by atoms with E-state index in [9.17, 15) is 18.0 Å². The van der Waals surface area contributed by atoms with Gasteiger partial charge >= 0.3 is 0 Å². The summed E-state index contributed by atoms with van der Waals surface area (Å²) in [6.45, 7) is 3.13. The van der Waals surface area contributed by atoms with Crippen LogP contribution in [0.25, 0.3) is 0 Å². The molecule has 1 aromatic rings. The molecule has 0 atom stereocenters. The Labute approximate surface area is 173 Å². The number of anilines is 1. The molecule has 3 rings (SSSR count). The van der Waals surface area contributed by atoms with E-state index in [2.05, 4.69) is 15.4 Å². The molecule has 1 heterocycles. The van der Waals surface area contributed by atoms with Gasteiger partial charge in [-0.1, -0.05) is 6.92 Å². The van der Waals surface area contributed by atoms with Gasteiger partial charge < -0.3 is 10.6 Å². The van der Waals surface area contributed by atoms with E-state index in [0.717, 1.165) is 37.7 Å². The Bertz CT molecular complexity index is 845. The second-order valence-corrected chi connectivity index (χ2v) is 9.85. The number of fused-ring (bicyclic) bond motifs is 1. The average Bonchev–Trinajstić information content (AvgIpc) is 2.90. The molecule has 160 valence electrons. The zero-order chi connectivity index (χ0) is 20.9. The largest absolute Gasteiger partial charge is 0.356 e. The maximum Gasteiger partial charge on any atom is 0.240 e. The molecule has 0 bridgehead atoms. The SMILES string of the molecule is CCCNC(=O)C1CCC(CNS(=O)(=O)c2ccc3c(c2)CCCC(=O)N3)CC1. The fourth-order valence-electron chi connectivity index (χ4n) is 4.05. The third-order valence-corrected chi connectivity index (χ3v) is 7.26. The van der Waals surface area contributed by atoms with Crippen LogP contribution in [0.3, 0.4) is 0 Å². The zero-order valence-corrected chi connectivity index (χ0v) is 17.8. The molecule has 0 aromatic heterocycles. The summed E-state index contributed by atoms with van der Waals surface area (Å²) < 4.78 is 28.2. The summed E-state index contributed by atoms with van der Waals surface area (Å²) in [5, 5.41) is 5.77. The van der Waals surface area contributed by atoms with Crippen LogP contribution >= 0.6 is 0 Å². The number of hydrogen-bond acceptors (Lipinski definition) is 4. The van der Waals surface area contributed by atoms with Crippen molar-refractivity contribution in [1.29, 1.82) is 0 Å². The van der Waals surface area contributed by atoms with Crippen LogP contribution in [-0.2, 0) is 26.0 Å². The molecule has 2 aliphatic rings. The van der Waals surface area contributed by atoms with E-state index in [0.29, 0.717) is 38.0 Å². The minimum Gasteiger partial charge on any atom is -0.356 e. The Morgan fingerprint density at radius 3 is 2.66 bits per heavy atom. The zero-order valence-electron chi connectivity index (χ0n) is 17.0. The van der Waals surface area contributed by atoms with Gasteiger partial charge in [-0.05, 0) is 74.6 Å². The second kappa shape index (κ2) is 9.71. The number of nitrogens with one attached hydrogen (secondary N) is 3. The lowest BCUT2D eigenvalue weighted by Crippen LogP contribution is -2.36. The lowest BCUT2D eigenvalue weighted by Gasteiger charge is -2.27. The number of carbonyl (C=O) groups excluding carboxylic acids is 2. The van der Waals surface area contributed by atoms with Crippen molar-refractivity contribution in [1.82, 2.24) is 10.0 Å². The lowest BCUT2D eigenvalue weighted by molar-refractivity contribution is -0.126. The Kier molecular flexibility index (Phi) is 7.29. The standard InChI is InChI=1S/C21H31N3O4S/c1-2-12-22-21(26)16-8-6-15(7-9-16)14-23-29(27,28)18-10-11-19-17(13-18)4-3-5-20(25)24-19/h10-11,13,15-16,23H,2-9,12,14H2,1H3,(H,22,26)(H,24,25). The Hall–Kier alpha value is -1.93. The molecule has 0 unspecified atom stereocenters. The number of benzene rings is 1. The summed E-state index contributed by atoms with van der Waals surface area (Å²) in [4.78, 5) is 24.0. The van der Waals surface area contributed by atoms with E-state index in [1.54, 1.807) is 18.2 Å². The lowest BCUT2D eigenvalue weighted by atomic mass is 9.81. The quantitative estimate of drug-likeness (QED) is 0.629. The maximum atomic E-state index is 12.7. The molecule has 2 amide bonds. The summed E-state index contributed by atoms with van der Waals surface area (Å²) in [5.41, 5.74) is 1.56. The van der Waals surface area contributed by atoms with Gasteiger partial charge in [0, 0.05) is 31.1 Å². The summed E-state index contributed by atoms with van der Waals surface area (Å²) in [5.74, 6) is 0.397. The van der Waals surface area contributed by atoms with Crippen LogP contribution in [-0.4, -0.2) is 33.3 Å². The number of carbonyl (C=O) groups is 2. The van der Waals surface area contributed by atoms with Crippen molar-refractivity contribution in [3.05, 3.63) is 23.8 Å². The van der Waals surface area contributed by atoms with Crippen molar-refractivity contribution < 1.29 is 18.0 Å². The van der Waals surface area contributed by atoms with Crippen LogP contribution in [0.1, 0.15) is 57.4 Å². The molecule has 0 radical (unpaired) electrons. The smallest absolute Gasteiger partial charge is 0.240 e. The Morgan fingerprint density at radius 1 is 1.17 bits per heavy atom. The Balaban J connectivity index is 1.54. The molecule has 7 nitrogen and oxygen atoms in total. The second-order valence-electron chi connectivity index (χ2n) is 8.08. The third kappa shape index (κ3) is 5.79. The fourth-order valence-corrected chi connectivity index (χ4v) is 5.22. The topological polar surface area (TPSA) is 104 Å². The van der Waals surface area contributed by atoms with Crippen molar-refractivity contribution in [2.75, 3.05) is 18.4 Å². The highest BCUT2D eigenvalue weighted by Crippen LogP contribution is 2.29. The average molecular weight is 422 g/mol. The normalized spacial score (nSPS) is 22.3. The first-order chi connectivity index (χ1) is 13.9. The molecular weight excluding hydrogens is 390 g/mol. The van der Waals surface area contributed by atoms with Gasteiger partial charge in [-0.3, -0.25) is 9.59 Å². The van der Waals surface area contributed by atoms with Gasteiger partial charge in [0.2, 0.25) is 21.8 Å². The van der Waals surface area contributed by atoms with Gasteiger partial charge in [0.1, 0.15) is 0 Å². The van der Waals surface area contributed by atoms with Crippen molar-refractivity contribution in [2.45, 2.75) is 63.2 Å². The predicted molar refractivity (Wildman–Crippen MR) is 112 cm³/mol. The Morgan fingerprint density at radius 2 is 1.93 bits per heavy atom. The van der Waals surface area contributed by atoms with Gasteiger partial charge in [-0.15, -0.1) is 0 Å². The van der Waals surface area contributed by atoms with E-state index in [1.807, 2.05) is 6.92 Å². The third-order valence-electron chi connectivity index (χ3n) is 5.84. The van der Waals surface area contributed by atoms with Crippen LogP contribution in [0.4, 0.5) is 5.69 Å². The molecule has 1 fully saturated rings. The minimum atomic E-state index is -3.60. The van der Waals surface area contributed by atoms with Crippen LogP contribution in [0.15, 0.2) is 23.1 Å². The number of aryl methyl sites for hydroxylation is 1. The van der Waals surface area contributed by atoms with Gasteiger partial charge in [0.05, 0.1) is 4.90 Å². The number of rotatable bonds is 7. The first-order valence-electron chi connectivity index (χ1n) is 10.6. The number of amides is 2. The molecular formula is C21H31N3O4S. The summed E-state index contributed by atoms with van der Waals surface area (Å²) in [6, 6.07) is 4.88. The van der Waals surface area contributed by atoms with Gasteiger partial charge in [-0.25, -0.2) is 13.1 Å². The predicted octanol–water partition coefficient (Wildman–Crippen LogP) is 2.57. The van der Waals surface area contributed by atoms with E-state index in [-0.39, 0.29) is 28.5 Å². The summed E-state index contributed by atoms with van der Waals surface area (Å²) >= 11 is 0. The van der Waals surface area contributed by atoms with E-state index in [4.69, 9.17) is 0 Å². The van der Waals surface area contributed by atoms with Crippen LogP contribution in [0.5, 0.6) is 0 Å². The molecule has 0 spiro atoms. The minimum absolute atomic E-state index is 0.0311. The maximum absolute atomic E-state index is 12.7. The molecule has 1 saturated carbocycles. The number of hydrogen-bond donors (Lipinski definition) is 3. The fraction of sp³-hybridized carbons (Fsp3) is 0.619. The molecule has 0 saturated heterocycles. The van der Waals surface area contributed by atoms with Crippen molar-refractivity contribution >= 4 is 27.5 Å². The van der Waals surface area contributed by atoms with Crippen molar-refractivity contribution in [2.24, 2.45) is 11.8 Å². The van der Waals surface area contributed by atoms with Gasteiger partial charge in [0.15, 0.2) is 0 Å². The van der Waals surface area contributed by atoms with E-state index in [1.165, 1.54) is 0 Å². The van der Waals surface area contributed by atoms with Crippen molar-refractivity contribution in [3.8, 4) is 0 Å². The van der Waals surface area contributed by atoms with Crippen molar-refractivity contribution in [3.63, 3.8) is 0 Å². The van der Waals surface area contributed by atoms with Gasteiger partial charge in [0.25, 0.3) is 0 Å². The highest BCUT2D eigenvalue weighted by molar-refractivity contribution is 7.89. The van der Waals surface area contributed by atoms with Crippen LogP contribution in [0.2, 0.25) is 0 Å². The summed E-state index contributed by atoms with van der Waals surface area (Å²) in [6.07, 6.45) is 6.09. The van der Waals surface area contributed by atoms with E-state index >= 15 is 0 Å². The van der Waals surface area contributed by atoms with Crippen LogP contribution < -0.4 is 15.4 Å². The first-order valence-corrected chi connectivity index (χ1v) is 12.1.